The zero-order valence-electron chi connectivity index (χ0n) is 15.7. The third-order valence-electron chi connectivity index (χ3n) is 4.14. The summed E-state index contributed by atoms with van der Waals surface area (Å²) in [7, 11) is 4.98. The number of amides is 1. The summed E-state index contributed by atoms with van der Waals surface area (Å²) in [5.41, 5.74) is 0.994. The number of thioether (sulfide) groups is 1. The van der Waals surface area contributed by atoms with E-state index in [4.69, 9.17) is 4.74 Å². The van der Waals surface area contributed by atoms with Crippen LogP contribution in [0.4, 0.5) is 0 Å². The third kappa shape index (κ3) is 3.68. The summed E-state index contributed by atoms with van der Waals surface area (Å²) < 4.78 is 6.96. The van der Waals surface area contributed by atoms with Crippen LogP contribution >= 0.6 is 11.8 Å². The fraction of sp³-hybridized carbons (Fsp3) is 0.250. The van der Waals surface area contributed by atoms with Crippen molar-refractivity contribution in [1.82, 2.24) is 14.5 Å². The number of methoxy groups -OCH3 is 1. The van der Waals surface area contributed by atoms with Crippen LogP contribution in [-0.4, -0.2) is 46.8 Å². The number of aromatic nitrogens is 2. The largest absolute Gasteiger partial charge is 0.495 e. The normalized spacial score (nSPS) is 12.0. The Hall–Kier alpha value is -2.80. The Kier molecular flexibility index (Phi) is 5.51. The fourth-order valence-electron chi connectivity index (χ4n) is 2.79. The number of benzene rings is 2. The van der Waals surface area contributed by atoms with Crippen LogP contribution < -0.4 is 10.3 Å². The van der Waals surface area contributed by atoms with E-state index in [0.29, 0.717) is 27.5 Å². The van der Waals surface area contributed by atoms with Gasteiger partial charge < -0.3 is 9.64 Å². The molecular weight excluding hydrogens is 362 g/mol. The van der Waals surface area contributed by atoms with Gasteiger partial charge in [-0.2, -0.15) is 0 Å². The van der Waals surface area contributed by atoms with Crippen LogP contribution in [0.2, 0.25) is 0 Å². The van der Waals surface area contributed by atoms with Crippen molar-refractivity contribution in [3.8, 4) is 11.4 Å². The van der Waals surface area contributed by atoms with E-state index in [1.165, 1.54) is 21.2 Å². The van der Waals surface area contributed by atoms with Crippen molar-refractivity contribution in [3.05, 3.63) is 58.9 Å². The van der Waals surface area contributed by atoms with Gasteiger partial charge in [-0.1, -0.05) is 36.0 Å². The highest BCUT2D eigenvalue weighted by Gasteiger charge is 2.22. The van der Waals surface area contributed by atoms with E-state index < -0.39 is 5.25 Å². The van der Waals surface area contributed by atoms with Crippen LogP contribution in [0.5, 0.6) is 5.75 Å². The summed E-state index contributed by atoms with van der Waals surface area (Å²) in [6, 6.07) is 14.5. The van der Waals surface area contributed by atoms with E-state index in [-0.39, 0.29) is 11.5 Å². The topological polar surface area (TPSA) is 64.4 Å². The molecule has 0 aliphatic carbocycles. The lowest BCUT2D eigenvalue weighted by Gasteiger charge is -2.19. The highest BCUT2D eigenvalue weighted by atomic mass is 32.2. The molecule has 0 saturated carbocycles. The first-order chi connectivity index (χ1) is 12.9. The molecule has 27 heavy (non-hydrogen) atoms. The molecule has 1 atom stereocenters. The first-order valence-corrected chi connectivity index (χ1v) is 9.35. The lowest BCUT2D eigenvalue weighted by molar-refractivity contribution is -0.127. The van der Waals surface area contributed by atoms with Crippen molar-refractivity contribution in [2.75, 3.05) is 21.2 Å². The molecule has 2 aromatic carbocycles. The van der Waals surface area contributed by atoms with Crippen LogP contribution in [-0.2, 0) is 4.79 Å². The standard InChI is InChI=1S/C20H21N3O3S/c1-13(18(24)22(2)3)27-20-21-15-10-6-5-9-14(15)19(25)23(20)16-11-7-8-12-17(16)26-4/h5-13H,1-4H3/t13-/m0/s1. The number of rotatable bonds is 5. The van der Waals surface area contributed by atoms with Gasteiger partial charge in [-0.3, -0.25) is 14.2 Å². The van der Waals surface area contributed by atoms with Gasteiger partial charge in [0.15, 0.2) is 5.16 Å². The quantitative estimate of drug-likeness (QED) is 0.501. The zero-order valence-corrected chi connectivity index (χ0v) is 16.5. The Morgan fingerprint density at radius 3 is 2.52 bits per heavy atom. The predicted molar refractivity (Wildman–Crippen MR) is 108 cm³/mol. The van der Waals surface area contributed by atoms with Gasteiger partial charge in [-0.15, -0.1) is 0 Å². The molecule has 1 heterocycles. The lowest BCUT2D eigenvalue weighted by atomic mass is 10.2. The average molecular weight is 383 g/mol. The molecule has 0 radical (unpaired) electrons. The molecule has 140 valence electrons. The Bertz CT molecular complexity index is 1050. The predicted octanol–water partition coefficient (Wildman–Crippen LogP) is 2.96. The number of nitrogens with zero attached hydrogens (tertiary/aromatic N) is 3. The molecule has 0 saturated heterocycles. The number of carbonyl (C=O) groups is 1. The third-order valence-corrected chi connectivity index (χ3v) is 5.18. The molecule has 3 rings (SSSR count). The van der Waals surface area contributed by atoms with E-state index in [1.54, 1.807) is 52.4 Å². The van der Waals surface area contributed by atoms with Crippen molar-refractivity contribution in [2.45, 2.75) is 17.3 Å². The zero-order chi connectivity index (χ0) is 19.6. The number of ether oxygens (including phenoxy) is 1. The molecule has 1 aromatic heterocycles. The SMILES string of the molecule is COc1ccccc1-n1c(S[C@@H](C)C(=O)N(C)C)nc2ccccc2c1=O. The Morgan fingerprint density at radius 1 is 1.15 bits per heavy atom. The van der Waals surface area contributed by atoms with Crippen molar-refractivity contribution in [2.24, 2.45) is 0 Å². The highest BCUT2D eigenvalue weighted by Crippen LogP contribution is 2.29. The van der Waals surface area contributed by atoms with Crippen molar-refractivity contribution in [1.29, 1.82) is 0 Å². The minimum Gasteiger partial charge on any atom is -0.495 e. The first-order valence-electron chi connectivity index (χ1n) is 8.47. The van der Waals surface area contributed by atoms with Crippen LogP contribution in [0.3, 0.4) is 0 Å². The smallest absolute Gasteiger partial charge is 0.266 e. The summed E-state index contributed by atoms with van der Waals surface area (Å²) in [6.45, 7) is 1.81. The van der Waals surface area contributed by atoms with Crippen LogP contribution in [0.25, 0.3) is 16.6 Å². The lowest BCUT2D eigenvalue weighted by Crippen LogP contribution is -2.31. The Labute approximate surface area is 161 Å². The molecule has 0 fully saturated rings. The first kappa shape index (κ1) is 19.0. The molecule has 3 aromatic rings. The fourth-order valence-corrected chi connectivity index (χ4v) is 3.86. The number of fused-ring (bicyclic) bond motifs is 1. The minimum atomic E-state index is -0.394. The summed E-state index contributed by atoms with van der Waals surface area (Å²) in [4.78, 5) is 31.8. The van der Waals surface area contributed by atoms with Crippen LogP contribution in [0.15, 0.2) is 58.5 Å². The van der Waals surface area contributed by atoms with E-state index in [9.17, 15) is 9.59 Å². The Balaban J connectivity index is 2.25. The van der Waals surface area contributed by atoms with Crippen molar-refractivity contribution < 1.29 is 9.53 Å². The van der Waals surface area contributed by atoms with E-state index >= 15 is 0 Å². The summed E-state index contributed by atoms with van der Waals surface area (Å²) in [6.07, 6.45) is 0. The number of hydrogen-bond donors (Lipinski definition) is 0. The Morgan fingerprint density at radius 2 is 1.81 bits per heavy atom. The maximum atomic E-state index is 13.3. The molecule has 0 spiro atoms. The number of hydrogen-bond acceptors (Lipinski definition) is 5. The number of para-hydroxylation sites is 3. The van der Waals surface area contributed by atoms with Gasteiger partial charge in [0, 0.05) is 14.1 Å². The summed E-state index contributed by atoms with van der Waals surface area (Å²) in [5, 5.41) is 0.569. The minimum absolute atomic E-state index is 0.0472. The van der Waals surface area contributed by atoms with Gasteiger partial charge in [-0.25, -0.2) is 4.98 Å². The second-order valence-electron chi connectivity index (χ2n) is 6.22. The van der Waals surface area contributed by atoms with Gasteiger partial charge in [0.1, 0.15) is 5.75 Å². The van der Waals surface area contributed by atoms with Gasteiger partial charge in [0.05, 0.1) is 29.0 Å². The van der Waals surface area contributed by atoms with E-state index in [0.717, 1.165) is 0 Å². The van der Waals surface area contributed by atoms with Crippen molar-refractivity contribution in [3.63, 3.8) is 0 Å². The van der Waals surface area contributed by atoms with Gasteiger partial charge >= 0.3 is 0 Å². The summed E-state index contributed by atoms with van der Waals surface area (Å²) in [5.74, 6) is 0.513. The molecule has 7 heteroatoms. The second kappa shape index (κ2) is 7.84. The highest BCUT2D eigenvalue weighted by molar-refractivity contribution is 8.00. The molecule has 0 N–H and O–H groups in total. The molecule has 1 amide bonds. The molecular formula is C20H21N3O3S. The van der Waals surface area contributed by atoms with E-state index in [2.05, 4.69) is 4.98 Å². The molecule has 0 aliphatic heterocycles. The van der Waals surface area contributed by atoms with Gasteiger partial charge in [0.2, 0.25) is 5.91 Å². The van der Waals surface area contributed by atoms with Crippen LogP contribution in [0, 0.1) is 0 Å². The molecule has 0 bridgehead atoms. The second-order valence-corrected chi connectivity index (χ2v) is 7.52. The van der Waals surface area contributed by atoms with Crippen LogP contribution in [0.1, 0.15) is 6.92 Å². The average Bonchev–Trinajstić information content (AvgIpc) is 2.67. The number of carbonyl (C=O) groups excluding carboxylic acids is 1. The summed E-state index contributed by atoms with van der Waals surface area (Å²) >= 11 is 1.25. The monoisotopic (exact) mass is 383 g/mol. The molecule has 0 aliphatic rings. The maximum absolute atomic E-state index is 13.3. The van der Waals surface area contributed by atoms with Gasteiger partial charge in [-0.05, 0) is 31.2 Å². The molecule has 0 unspecified atom stereocenters. The van der Waals surface area contributed by atoms with E-state index in [1.807, 2.05) is 24.3 Å². The molecule has 6 nitrogen and oxygen atoms in total. The van der Waals surface area contributed by atoms with Crippen molar-refractivity contribution >= 4 is 28.6 Å². The van der Waals surface area contributed by atoms with Gasteiger partial charge in [0.25, 0.3) is 5.56 Å². The maximum Gasteiger partial charge on any atom is 0.266 e.